The third-order valence-electron chi connectivity index (χ3n) is 9.12. The molecule has 0 N–H and O–H groups in total. The average Bonchev–Trinajstić information content (AvgIpc) is 3.78. The molecule has 2 bridgehead atoms. The van der Waals surface area contributed by atoms with Crippen molar-refractivity contribution in [2.45, 2.75) is 57.9 Å². The van der Waals surface area contributed by atoms with Gasteiger partial charge in [-0.1, -0.05) is 43.0 Å². The highest BCUT2D eigenvalue weighted by molar-refractivity contribution is 7.97. The number of alkyl halides is 5. The first kappa shape index (κ1) is 38.4. The Bertz CT molecular complexity index is 1750. The van der Waals surface area contributed by atoms with E-state index >= 15 is 0 Å². The zero-order valence-electron chi connectivity index (χ0n) is 27.1. The number of carbonyl (C=O) groups is 2. The van der Waals surface area contributed by atoms with Gasteiger partial charge in [-0.3, -0.25) is 4.79 Å². The summed E-state index contributed by atoms with van der Waals surface area (Å²) in [5, 5.41) is -4.35. The van der Waals surface area contributed by atoms with E-state index in [9.17, 15) is 44.5 Å². The van der Waals surface area contributed by atoms with Crippen LogP contribution in [0.3, 0.4) is 0 Å². The lowest BCUT2D eigenvalue weighted by Gasteiger charge is -2.28. The second kappa shape index (κ2) is 15.8. The molecule has 8 nitrogen and oxygen atoms in total. The summed E-state index contributed by atoms with van der Waals surface area (Å²) in [5.74, 6) is -0.612. The number of rotatable bonds is 12. The molecular formula is C36H35F5O8S2. The van der Waals surface area contributed by atoms with Crippen LogP contribution in [0.4, 0.5) is 22.0 Å². The number of cyclic esters (lactones) is 1. The Labute approximate surface area is 295 Å². The van der Waals surface area contributed by atoms with Gasteiger partial charge in [0, 0.05) is 24.9 Å². The van der Waals surface area contributed by atoms with Gasteiger partial charge in [0.05, 0.1) is 41.2 Å². The summed E-state index contributed by atoms with van der Waals surface area (Å²) in [6.07, 6.45) is -4.74. The van der Waals surface area contributed by atoms with Crippen molar-refractivity contribution in [1.29, 1.82) is 0 Å². The lowest BCUT2D eigenvalue weighted by atomic mass is 9.80. The van der Waals surface area contributed by atoms with Crippen molar-refractivity contribution >= 4 is 33.0 Å². The Morgan fingerprint density at radius 2 is 1.45 bits per heavy atom. The standard InChI is InChI=1S/C19H14F3S.C17H22F2O8S/c20-19(21,22)15-11-13-18(14-12-15)23(16-7-3-1-4-8-16)17-9-5-2-6-10-17;1-9(7-25-4-2-3-17(18,19)28(22,23)24)15(20)27-13-6-10-5-11(13)12-8-26-16(21)14(10)12/h1-14H;10-14H,1-8H2,(H,22,23,24)/q+1;/p-1. The lowest BCUT2D eigenvalue weighted by Crippen LogP contribution is -2.35. The minimum Gasteiger partial charge on any atom is -0.743 e. The molecule has 0 amide bonds. The van der Waals surface area contributed by atoms with Crippen LogP contribution in [0, 0.1) is 23.7 Å². The minimum absolute atomic E-state index is 0.00118. The summed E-state index contributed by atoms with van der Waals surface area (Å²) in [6, 6.07) is 25.1. The van der Waals surface area contributed by atoms with Crippen molar-refractivity contribution in [2.24, 2.45) is 23.7 Å². The van der Waals surface area contributed by atoms with Crippen molar-refractivity contribution in [1.82, 2.24) is 0 Å². The minimum atomic E-state index is -5.71. The van der Waals surface area contributed by atoms with Gasteiger partial charge in [0.15, 0.2) is 24.8 Å². The predicted molar refractivity (Wildman–Crippen MR) is 174 cm³/mol. The van der Waals surface area contributed by atoms with Crippen LogP contribution in [-0.2, 0) is 51.0 Å². The van der Waals surface area contributed by atoms with Crippen LogP contribution in [0.2, 0.25) is 0 Å². The molecule has 5 unspecified atom stereocenters. The van der Waals surface area contributed by atoms with E-state index in [1.165, 1.54) is 0 Å². The molecule has 51 heavy (non-hydrogen) atoms. The molecule has 5 atom stereocenters. The van der Waals surface area contributed by atoms with E-state index < -0.39 is 50.4 Å². The molecule has 3 aromatic rings. The maximum atomic E-state index is 13.0. The van der Waals surface area contributed by atoms with Crippen LogP contribution < -0.4 is 0 Å². The first-order valence-electron chi connectivity index (χ1n) is 16.0. The number of halogens is 5. The zero-order chi connectivity index (χ0) is 37.0. The van der Waals surface area contributed by atoms with Crippen molar-refractivity contribution in [3.05, 3.63) is 103 Å². The van der Waals surface area contributed by atoms with E-state index in [-0.39, 0.29) is 61.0 Å². The summed E-state index contributed by atoms with van der Waals surface area (Å²) in [7, 11) is -6.12. The number of hydrogen-bond acceptors (Lipinski definition) is 8. The molecule has 274 valence electrons. The van der Waals surface area contributed by atoms with Crippen molar-refractivity contribution < 1.29 is 58.7 Å². The van der Waals surface area contributed by atoms with E-state index in [4.69, 9.17) is 14.2 Å². The van der Waals surface area contributed by atoms with Gasteiger partial charge in [0.2, 0.25) is 0 Å². The summed E-state index contributed by atoms with van der Waals surface area (Å²) in [6.45, 7) is 3.37. The van der Waals surface area contributed by atoms with Gasteiger partial charge in [-0.15, -0.1) is 0 Å². The van der Waals surface area contributed by atoms with Gasteiger partial charge < -0.3 is 18.8 Å². The van der Waals surface area contributed by atoms with E-state index in [1.807, 2.05) is 60.7 Å². The second-order valence-corrected chi connectivity index (χ2v) is 16.0. The van der Waals surface area contributed by atoms with E-state index in [0.29, 0.717) is 13.0 Å². The Kier molecular flexibility index (Phi) is 11.9. The molecule has 3 aromatic carbocycles. The van der Waals surface area contributed by atoms with Crippen molar-refractivity contribution in [3.63, 3.8) is 0 Å². The lowest BCUT2D eigenvalue weighted by molar-refractivity contribution is -0.149. The summed E-state index contributed by atoms with van der Waals surface area (Å²) in [4.78, 5) is 26.9. The average molecular weight is 755 g/mol. The number of esters is 2. The van der Waals surface area contributed by atoms with Gasteiger partial charge in [0.25, 0.3) is 0 Å². The van der Waals surface area contributed by atoms with Gasteiger partial charge in [-0.25, -0.2) is 13.2 Å². The summed E-state index contributed by atoms with van der Waals surface area (Å²) in [5.41, 5.74) is -0.618. The fourth-order valence-electron chi connectivity index (χ4n) is 6.72. The van der Waals surface area contributed by atoms with Crippen molar-refractivity contribution in [3.8, 4) is 0 Å². The van der Waals surface area contributed by atoms with Gasteiger partial charge >= 0.3 is 23.4 Å². The smallest absolute Gasteiger partial charge is 0.416 e. The summed E-state index contributed by atoms with van der Waals surface area (Å²) >= 11 is 0. The monoisotopic (exact) mass is 754 g/mol. The number of hydrogen-bond donors (Lipinski definition) is 0. The Morgan fingerprint density at radius 1 is 0.882 bits per heavy atom. The topological polar surface area (TPSA) is 119 Å². The highest BCUT2D eigenvalue weighted by Crippen LogP contribution is 2.56. The fraction of sp³-hybridized carbons (Fsp3) is 0.389. The first-order valence-corrected chi connectivity index (χ1v) is 18.7. The highest BCUT2D eigenvalue weighted by atomic mass is 32.2. The molecule has 2 saturated carbocycles. The molecule has 3 aliphatic rings. The van der Waals surface area contributed by atoms with E-state index in [2.05, 4.69) is 6.58 Å². The quantitative estimate of drug-likeness (QED) is 0.0484. The maximum absolute atomic E-state index is 13.0. The largest absolute Gasteiger partial charge is 0.743 e. The molecule has 15 heteroatoms. The van der Waals surface area contributed by atoms with Crippen molar-refractivity contribution in [2.75, 3.05) is 19.8 Å². The molecule has 0 radical (unpaired) electrons. The zero-order valence-corrected chi connectivity index (χ0v) is 28.7. The van der Waals surface area contributed by atoms with Crippen LogP contribution in [-0.4, -0.2) is 56.1 Å². The molecule has 1 saturated heterocycles. The normalized spacial score (nSPS) is 22.6. The molecule has 6 rings (SSSR count). The number of carbonyl (C=O) groups excluding carboxylic acids is 2. The number of fused-ring (bicyclic) bond motifs is 5. The molecule has 0 spiro atoms. The summed E-state index contributed by atoms with van der Waals surface area (Å²) < 4.78 is 111. The highest BCUT2D eigenvalue weighted by Gasteiger charge is 2.60. The number of benzene rings is 3. The van der Waals surface area contributed by atoms with Crippen LogP contribution in [0.15, 0.2) is 112 Å². The molecule has 1 heterocycles. The second-order valence-electron chi connectivity index (χ2n) is 12.5. The third kappa shape index (κ3) is 9.18. The van der Waals surface area contributed by atoms with Gasteiger partial charge in [-0.05, 0) is 73.7 Å². The first-order chi connectivity index (χ1) is 24.1. The van der Waals surface area contributed by atoms with E-state index in [0.717, 1.165) is 33.2 Å². The SMILES string of the molecule is C=C(COCCCC(F)(F)S(=O)(=O)[O-])C(=O)OC1CC2CC1C1COC(=O)C21.FC(F)(F)c1ccc([S+](c2ccccc2)c2ccccc2)cc1. The van der Waals surface area contributed by atoms with Crippen LogP contribution in [0.1, 0.15) is 31.2 Å². The Morgan fingerprint density at radius 3 is 2.00 bits per heavy atom. The van der Waals surface area contributed by atoms with Crippen LogP contribution in [0.5, 0.6) is 0 Å². The Hall–Kier alpha value is -3.79. The van der Waals surface area contributed by atoms with Crippen LogP contribution >= 0.6 is 0 Å². The van der Waals surface area contributed by atoms with Gasteiger partial charge in [-0.2, -0.15) is 22.0 Å². The fourth-order valence-corrected chi connectivity index (χ4v) is 9.19. The maximum Gasteiger partial charge on any atom is 0.416 e. The molecule has 1 aliphatic heterocycles. The molecule has 3 fully saturated rings. The molecule has 0 aromatic heterocycles. The number of ether oxygens (including phenoxy) is 3. The Balaban J connectivity index is 0.000000201. The predicted octanol–water partition coefficient (Wildman–Crippen LogP) is 7.02. The van der Waals surface area contributed by atoms with Gasteiger partial charge in [0.1, 0.15) is 6.10 Å². The third-order valence-corrected chi connectivity index (χ3v) is 12.3. The van der Waals surface area contributed by atoms with E-state index in [1.54, 1.807) is 12.1 Å². The van der Waals surface area contributed by atoms with Crippen LogP contribution in [0.25, 0.3) is 0 Å². The molecule has 2 aliphatic carbocycles. The molecular weight excluding hydrogens is 720 g/mol.